The lowest BCUT2D eigenvalue weighted by Gasteiger charge is -2.49. The van der Waals surface area contributed by atoms with Crippen molar-refractivity contribution in [1.29, 1.82) is 0 Å². The molecule has 3 heterocycles. The van der Waals surface area contributed by atoms with E-state index in [9.17, 15) is 34.5 Å². The molecule has 0 bridgehead atoms. The predicted octanol–water partition coefficient (Wildman–Crippen LogP) is 5.29. The first-order chi connectivity index (χ1) is 35.6. The molecular formula is C55H102N6O16S. The molecule has 23 heteroatoms. The van der Waals surface area contributed by atoms with Gasteiger partial charge in [0.2, 0.25) is 6.29 Å². The molecule has 13 atom stereocenters. The third-order valence-corrected chi connectivity index (χ3v) is 17.4. The van der Waals surface area contributed by atoms with Crippen LogP contribution in [0.2, 0.25) is 0 Å². The highest BCUT2D eigenvalue weighted by atomic mass is 32.3. The Bertz CT molecular complexity index is 2030. The number of hydrogen-bond donors (Lipinski definition) is 9. The van der Waals surface area contributed by atoms with Crippen LogP contribution in [-0.2, 0) is 42.1 Å². The summed E-state index contributed by atoms with van der Waals surface area (Å²) in [6.07, 6.45) is -3.60. The first-order valence-corrected chi connectivity index (χ1v) is 29.6. The zero-order valence-electron chi connectivity index (χ0n) is 50.6. The van der Waals surface area contributed by atoms with Gasteiger partial charge in [0.15, 0.2) is 6.29 Å². The molecule has 0 spiro atoms. The van der Waals surface area contributed by atoms with Crippen LogP contribution < -0.4 is 26.6 Å². The summed E-state index contributed by atoms with van der Waals surface area (Å²) in [6, 6.07) is -3.43. The molecule has 1 saturated carbocycles. The van der Waals surface area contributed by atoms with Crippen LogP contribution in [0.1, 0.15) is 137 Å². The second-order valence-electron chi connectivity index (χ2n) is 26.4. The van der Waals surface area contributed by atoms with Gasteiger partial charge in [0.05, 0.1) is 50.3 Å². The molecule has 0 aromatic heterocycles. The molecule has 4 amide bonds. The van der Waals surface area contributed by atoms with Gasteiger partial charge in [0.25, 0.3) is 0 Å². The Morgan fingerprint density at radius 3 is 1.94 bits per heavy atom. The number of carbonyl (C=O) groups is 4. The first-order valence-electron chi connectivity index (χ1n) is 27.2. The zero-order valence-corrected chi connectivity index (χ0v) is 51.4. The second kappa shape index (κ2) is 27.4. The van der Waals surface area contributed by atoms with Crippen molar-refractivity contribution in [2.75, 3.05) is 59.0 Å². The summed E-state index contributed by atoms with van der Waals surface area (Å²) in [5.41, 5.74) is -4.72. The minimum absolute atomic E-state index is 0.0193. The van der Waals surface area contributed by atoms with E-state index in [0.717, 1.165) is 7.11 Å². The van der Waals surface area contributed by atoms with Gasteiger partial charge in [-0.25, -0.2) is 14.4 Å². The number of carbonyl (C=O) groups excluding carboxylic acids is 4. The summed E-state index contributed by atoms with van der Waals surface area (Å²) >= 11 is 0. The average molecular weight is 1140 g/mol. The van der Waals surface area contributed by atoms with E-state index in [4.69, 9.17) is 42.4 Å². The van der Waals surface area contributed by atoms with Crippen LogP contribution in [0.15, 0.2) is 24.1 Å². The van der Waals surface area contributed by atoms with Crippen LogP contribution in [0.4, 0.5) is 14.4 Å². The van der Waals surface area contributed by atoms with Gasteiger partial charge >= 0.3 is 24.2 Å². The molecule has 3 fully saturated rings. The Morgan fingerprint density at radius 2 is 1.38 bits per heavy atom. The monoisotopic (exact) mass is 1130 g/mol. The normalized spacial score (nSPS) is 29.8. The molecule has 9 N–H and O–H groups in total. The summed E-state index contributed by atoms with van der Waals surface area (Å²) < 4.78 is 49.6. The molecule has 2 saturated heterocycles. The van der Waals surface area contributed by atoms with Crippen molar-refractivity contribution in [3.05, 3.63) is 24.1 Å². The third kappa shape index (κ3) is 20.7. The van der Waals surface area contributed by atoms with Crippen LogP contribution in [0, 0.1) is 17.8 Å². The highest BCUT2D eigenvalue weighted by Crippen LogP contribution is 2.53. The van der Waals surface area contributed by atoms with Crippen molar-refractivity contribution in [2.24, 2.45) is 17.8 Å². The number of ether oxygens (including phenoxy) is 7. The number of nitrogens with one attached hydrogen (secondary N) is 5. The van der Waals surface area contributed by atoms with Gasteiger partial charge in [0, 0.05) is 48.5 Å². The lowest BCUT2D eigenvalue weighted by atomic mass is 9.77. The van der Waals surface area contributed by atoms with Gasteiger partial charge in [0.1, 0.15) is 52.6 Å². The van der Waals surface area contributed by atoms with Crippen molar-refractivity contribution in [3.8, 4) is 0 Å². The molecule has 0 aromatic rings. The fourth-order valence-corrected chi connectivity index (χ4v) is 10.0. The quantitative estimate of drug-likeness (QED) is 0.0508. The van der Waals surface area contributed by atoms with E-state index in [0.29, 0.717) is 18.9 Å². The number of hydrogen-bond acceptors (Lipinski definition) is 18. The molecule has 0 aromatic carbocycles. The summed E-state index contributed by atoms with van der Waals surface area (Å²) in [7, 11) is -0.361. The van der Waals surface area contributed by atoms with Crippen LogP contribution in [-0.4, -0.2) is 196 Å². The van der Waals surface area contributed by atoms with Gasteiger partial charge in [-0.15, -0.1) is 10.3 Å². The van der Waals surface area contributed by atoms with E-state index < -0.39 is 129 Å². The summed E-state index contributed by atoms with van der Waals surface area (Å²) in [5.74, 6) is -1.84. The number of nitrogens with zero attached hydrogens (tertiary/aromatic N) is 1. The lowest BCUT2D eigenvalue weighted by Crippen LogP contribution is -2.68. The van der Waals surface area contributed by atoms with Gasteiger partial charge in [-0.2, -0.15) is 0 Å². The van der Waals surface area contributed by atoms with E-state index in [2.05, 4.69) is 66.4 Å². The number of β-amino-alcohol motifs (C(OH)–C–C–N with tert-alkyl or cyclic N) is 1. The minimum atomic E-state index is -1.70. The molecule has 4 unspecified atom stereocenters. The van der Waals surface area contributed by atoms with Crippen LogP contribution >= 0.6 is 10.3 Å². The summed E-state index contributed by atoms with van der Waals surface area (Å²) in [4.78, 5) is 55.4. The van der Waals surface area contributed by atoms with E-state index in [-0.39, 0.29) is 61.9 Å². The number of esters is 1. The summed E-state index contributed by atoms with van der Waals surface area (Å²) in [5, 5.41) is 59.7. The number of amides is 4. The van der Waals surface area contributed by atoms with Crippen molar-refractivity contribution in [1.82, 2.24) is 31.5 Å². The predicted molar refractivity (Wildman–Crippen MR) is 299 cm³/mol. The molecule has 4 aliphatic rings. The smallest absolute Gasteiger partial charge is 0.410 e. The number of alkyl carbamates (subject to hydrolysis) is 1. The maximum atomic E-state index is 13.8. The van der Waals surface area contributed by atoms with Crippen molar-refractivity contribution < 1.29 is 76.9 Å². The minimum Gasteiger partial charge on any atom is -0.466 e. The first kappa shape index (κ1) is 68.6. The largest absolute Gasteiger partial charge is 0.466 e. The molecule has 454 valence electrons. The number of urea groups is 1. The zero-order chi connectivity index (χ0) is 59.7. The van der Waals surface area contributed by atoms with Gasteiger partial charge in [-0.3, -0.25) is 4.79 Å². The average Bonchev–Trinajstić information content (AvgIpc) is 3.69. The highest BCUT2D eigenvalue weighted by molar-refractivity contribution is 8.29. The molecule has 78 heavy (non-hydrogen) atoms. The molecule has 22 nitrogen and oxygen atoms in total. The standard InChI is InChI=1S/C54H98N6O15S.CH4O/c1-31-29-68-45(39(61)38(31)32(2)43(63)73-50(7,8)9)72-41-36(56-33(3)54(67)23-25-60(30-54)48(66)75-52(13,14)15)27-37(58-47(65)74-51(10,11)12)42(40(41)62)71-44-35(57-46(64)59-49(4,5)6)22-21-34(70-44)28-55-24-26-69-76(19,20)53(16,17)18;1-2/h21,31-32,35-42,44-45,55-56,61-62,67H,3,22-30H2,1-2,4-20H3,(H,58,65)(H2,57,59,64);2H,1H3/t31-,32?,35-,36-,37?,38-,39-,40-,41+,42-,44-,45?,54?;/m1./s1. The van der Waals surface area contributed by atoms with E-state index in [1.54, 1.807) is 69.2 Å². The van der Waals surface area contributed by atoms with Gasteiger partial charge in [-0.1, -0.05) is 41.2 Å². The molecule has 4 rings (SSSR count). The number of rotatable bonds is 17. The van der Waals surface area contributed by atoms with Gasteiger partial charge < -0.3 is 89.3 Å². The fraction of sp³-hybridized carbons (Fsp3) is 0.855. The molecule has 0 radical (unpaired) electrons. The Hall–Kier alpha value is -3.65. The maximum Gasteiger partial charge on any atom is 0.410 e. The van der Waals surface area contributed by atoms with Crippen LogP contribution in [0.25, 0.3) is 0 Å². The number of aliphatic hydroxyl groups excluding tert-OH is 3. The Kier molecular flexibility index (Phi) is 24.1. The van der Waals surface area contributed by atoms with Crippen molar-refractivity contribution >= 4 is 34.5 Å². The SMILES string of the molecule is C=C(N[C@@H]1CC(NC(=O)OC(C)(C)C)[C@@H](O[C@H]2OC(CNCCOS(C)(C)C(C)(C)C)=CC[C@H]2NC(=O)NC(C)(C)C)[C@H](O)[C@H]1OC1OC[C@@H](C)[C@H](C(C)C(=O)OC(C)(C)C)[C@H]1O)C1(O)CCN(C(=O)OC(C)(C)C)C1.CO. The topological polar surface area (TPSA) is 286 Å². The number of aliphatic hydroxyl groups is 4. The molecule has 1 aliphatic carbocycles. The van der Waals surface area contributed by atoms with Crippen molar-refractivity contribution in [3.63, 3.8) is 0 Å². The van der Waals surface area contributed by atoms with Crippen LogP contribution in [0.5, 0.6) is 0 Å². The van der Waals surface area contributed by atoms with Crippen LogP contribution in [0.3, 0.4) is 0 Å². The number of likely N-dealkylation sites (tertiary alicyclic amines) is 1. The van der Waals surface area contributed by atoms with E-state index in [1.807, 2.05) is 33.8 Å². The summed E-state index contributed by atoms with van der Waals surface area (Å²) in [6.45, 7) is 36.7. The third-order valence-electron chi connectivity index (χ3n) is 13.7. The van der Waals surface area contributed by atoms with E-state index >= 15 is 0 Å². The molecular weight excluding hydrogens is 1030 g/mol. The molecule has 3 aliphatic heterocycles. The highest BCUT2D eigenvalue weighted by Gasteiger charge is 2.54. The Labute approximate surface area is 467 Å². The lowest BCUT2D eigenvalue weighted by molar-refractivity contribution is -0.297. The fourth-order valence-electron chi connectivity index (χ4n) is 9.19. The van der Waals surface area contributed by atoms with Crippen molar-refractivity contribution in [2.45, 2.75) is 225 Å². The Balaban J connectivity index is 0.00000790. The van der Waals surface area contributed by atoms with Gasteiger partial charge in [-0.05, 0) is 120 Å². The second-order valence-corrected chi connectivity index (χ2v) is 30.3. The Morgan fingerprint density at radius 1 is 0.821 bits per heavy atom. The van der Waals surface area contributed by atoms with E-state index in [1.165, 1.54) is 4.90 Å². The maximum absolute atomic E-state index is 13.8.